The number of benzene rings is 2. The first-order valence-corrected chi connectivity index (χ1v) is 6.82. The molecule has 0 atom stereocenters. The zero-order valence-electron chi connectivity index (χ0n) is 11.8. The van der Waals surface area contributed by atoms with Crippen LogP contribution >= 0.6 is 0 Å². The van der Waals surface area contributed by atoms with E-state index in [-0.39, 0.29) is 0 Å². The van der Waals surface area contributed by atoms with Crippen LogP contribution in [0.2, 0.25) is 0 Å². The molecule has 4 heteroatoms. The number of oxazole rings is 1. The second-order valence-electron chi connectivity index (χ2n) is 4.88. The summed E-state index contributed by atoms with van der Waals surface area (Å²) in [7, 11) is 0. The summed E-state index contributed by atoms with van der Waals surface area (Å²) in [5.74, 6) is 0.673. The first-order valence-electron chi connectivity index (χ1n) is 6.82. The van der Waals surface area contributed by atoms with Crippen LogP contribution < -0.4 is 11.1 Å². The highest BCUT2D eigenvalue weighted by molar-refractivity contribution is 5.62. The molecule has 106 valence electrons. The highest BCUT2D eigenvalue weighted by atomic mass is 16.3. The van der Waals surface area contributed by atoms with Crippen LogP contribution in [-0.2, 0) is 6.54 Å². The summed E-state index contributed by atoms with van der Waals surface area (Å²) >= 11 is 0. The topological polar surface area (TPSA) is 64.1 Å². The minimum atomic E-state index is 0.673. The first kappa shape index (κ1) is 13.2. The molecule has 3 aromatic rings. The van der Waals surface area contributed by atoms with Crippen molar-refractivity contribution in [1.82, 2.24) is 4.98 Å². The van der Waals surface area contributed by atoms with Crippen LogP contribution in [0.1, 0.15) is 11.5 Å². The van der Waals surface area contributed by atoms with Crippen molar-refractivity contribution >= 4 is 11.4 Å². The van der Waals surface area contributed by atoms with Gasteiger partial charge in [0.25, 0.3) is 0 Å². The second kappa shape index (κ2) is 5.71. The Morgan fingerprint density at radius 1 is 1.10 bits per heavy atom. The molecule has 0 spiro atoms. The van der Waals surface area contributed by atoms with Gasteiger partial charge >= 0.3 is 0 Å². The normalized spacial score (nSPS) is 10.5. The van der Waals surface area contributed by atoms with E-state index < -0.39 is 0 Å². The van der Waals surface area contributed by atoms with Gasteiger partial charge in [0, 0.05) is 30.4 Å². The number of nitrogens with zero attached hydrogens (tertiary/aromatic N) is 1. The van der Waals surface area contributed by atoms with E-state index in [4.69, 9.17) is 10.2 Å². The third-order valence-electron chi connectivity index (χ3n) is 3.34. The molecule has 0 amide bonds. The molecule has 0 bridgehead atoms. The van der Waals surface area contributed by atoms with E-state index in [1.165, 1.54) is 0 Å². The minimum Gasteiger partial charge on any atom is -0.449 e. The first-order chi connectivity index (χ1) is 10.2. The molecular formula is C17H17N3O. The van der Waals surface area contributed by atoms with Crippen molar-refractivity contribution in [2.45, 2.75) is 13.5 Å². The third kappa shape index (κ3) is 3.05. The Bertz CT molecular complexity index is 732. The van der Waals surface area contributed by atoms with Crippen molar-refractivity contribution in [2.75, 3.05) is 11.1 Å². The van der Waals surface area contributed by atoms with E-state index in [0.717, 1.165) is 28.2 Å². The maximum absolute atomic E-state index is 5.93. The van der Waals surface area contributed by atoms with Gasteiger partial charge in [-0.2, -0.15) is 0 Å². The number of hydrogen-bond acceptors (Lipinski definition) is 4. The lowest BCUT2D eigenvalue weighted by Crippen LogP contribution is -2.02. The lowest BCUT2D eigenvalue weighted by molar-refractivity contribution is 0.521. The maximum Gasteiger partial charge on any atom is 0.191 e. The van der Waals surface area contributed by atoms with Gasteiger partial charge in [0.2, 0.25) is 0 Å². The number of aryl methyl sites for hydroxylation is 1. The fraction of sp³-hybridized carbons (Fsp3) is 0.118. The molecule has 0 saturated carbocycles. The van der Waals surface area contributed by atoms with E-state index in [1.54, 1.807) is 6.26 Å². The molecule has 0 aliphatic carbocycles. The van der Waals surface area contributed by atoms with Crippen LogP contribution in [0.3, 0.4) is 0 Å². The minimum absolute atomic E-state index is 0.673. The van der Waals surface area contributed by atoms with E-state index in [1.807, 2.05) is 55.5 Å². The third-order valence-corrected chi connectivity index (χ3v) is 3.34. The Morgan fingerprint density at radius 3 is 2.52 bits per heavy atom. The molecule has 0 saturated heterocycles. The molecule has 21 heavy (non-hydrogen) atoms. The number of anilines is 2. The molecule has 3 rings (SSSR count). The maximum atomic E-state index is 5.93. The van der Waals surface area contributed by atoms with Crippen LogP contribution in [0.25, 0.3) is 11.3 Å². The molecular weight excluding hydrogens is 262 g/mol. The summed E-state index contributed by atoms with van der Waals surface area (Å²) < 4.78 is 5.23. The number of hydrogen-bond donors (Lipinski definition) is 2. The molecule has 3 N–H and O–H groups in total. The van der Waals surface area contributed by atoms with Crippen molar-refractivity contribution in [3.05, 3.63) is 66.2 Å². The van der Waals surface area contributed by atoms with Crippen molar-refractivity contribution in [1.29, 1.82) is 0 Å². The lowest BCUT2D eigenvalue weighted by Gasteiger charge is -2.09. The fourth-order valence-electron chi connectivity index (χ4n) is 2.15. The van der Waals surface area contributed by atoms with Gasteiger partial charge in [0.1, 0.15) is 12.0 Å². The molecule has 0 radical (unpaired) electrons. The molecule has 2 aromatic carbocycles. The molecule has 0 fully saturated rings. The van der Waals surface area contributed by atoms with E-state index >= 15 is 0 Å². The largest absolute Gasteiger partial charge is 0.449 e. The highest BCUT2D eigenvalue weighted by Gasteiger charge is 2.03. The van der Waals surface area contributed by atoms with E-state index in [2.05, 4.69) is 10.3 Å². The van der Waals surface area contributed by atoms with Crippen molar-refractivity contribution in [2.24, 2.45) is 0 Å². The number of nitrogens with one attached hydrogen (secondary N) is 1. The molecule has 0 aliphatic heterocycles. The quantitative estimate of drug-likeness (QED) is 0.712. The summed E-state index contributed by atoms with van der Waals surface area (Å²) in [4.78, 5) is 4.31. The van der Waals surface area contributed by atoms with Crippen LogP contribution in [0.5, 0.6) is 0 Å². The van der Waals surface area contributed by atoms with Gasteiger partial charge in [-0.1, -0.05) is 30.3 Å². The van der Waals surface area contributed by atoms with Gasteiger partial charge in [0.15, 0.2) is 5.89 Å². The Morgan fingerprint density at radius 2 is 1.86 bits per heavy atom. The SMILES string of the molecule is Cc1nc(-c2ccc(NCc3ccccc3N)cc2)co1. The Kier molecular flexibility index (Phi) is 3.60. The summed E-state index contributed by atoms with van der Waals surface area (Å²) in [6.07, 6.45) is 1.67. The van der Waals surface area contributed by atoms with Crippen LogP contribution in [-0.4, -0.2) is 4.98 Å². The van der Waals surface area contributed by atoms with Gasteiger partial charge in [-0.25, -0.2) is 4.98 Å². The van der Waals surface area contributed by atoms with Crippen LogP contribution in [0.15, 0.2) is 59.2 Å². The molecule has 0 unspecified atom stereocenters. The zero-order valence-corrected chi connectivity index (χ0v) is 11.8. The van der Waals surface area contributed by atoms with Gasteiger partial charge in [-0.3, -0.25) is 0 Å². The molecule has 1 aromatic heterocycles. The van der Waals surface area contributed by atoms with Crippen molar-refractivity contribution in [3.8, 4) is 11.3 Å². The van der Waals surface area contributed by atoms with E-state index in [0.29, 0.717) is 12.4 Å². The lowest BCUT2D eigenvalue weighted by atomic mass is 10.1. The standard InChI is InChI=1S/C17H17N3O/c1-12-20-17(11-21-12)13-6-8-15(9-7-13)19-10-14-4-2-3-5-16(14)18/h2-9,11,19H,10,18H2,1H3. The van der Waals surface area contributed by atoms with Crippen molar-refractivity contribution < 1.29 is 4.42 Å². The Hall–Kier alpha value is -2.75. The highest BCUT2D eigenvalue weighted by Crippen LogP contribution is 2.21. The number of nitrogens with two attached hydrogens (primary N) is 1. The Labute approximate surface area is 123 Å². The number of para-hydroxylation sites is 1. The zero-order chi connectivity index (χ0) is 14.7. The van der Waals surface area contributed by atoms with Gasteiger partial charge in [0.05, 0.1) is 0 Å². The monoisotopic (exact) mass is 279 g/mol. The predicted octanol–water partition coefficient (Wildman–Crippen LogP) is 3.84. The number of aromatic nitrogens is 1. The Balaban J connectivity index is 1.69. The van der Waals surface area contributed by atoms with E-state index in [9.17, 15) is 0 Å². The average Bonchev–Trinajstić information content (AvgIpc) is 2.94. The molecule has 0 aliphatic rings. The average molecular weight is 279 g/mol. The second-order valence-corrected chi connectivity index (χ2v) is 4.88. The predicted molar refractivity (Wildman–Crippen MR) is 84.9 cm³/mol. The summed E-state index contributed by atoms with van der Waals surface area (Å²) in [5.41, 5.74) is 10.8. The van der Waals surface area contributed by atoms with Gasteiger partial charge in [-0.05, 0) is 23.8 Å². The number of nitrogen functional groups attached to an aromatic ring is 1. The fourth-order valence-corrected chi connectivity index (χ4v) is 2.15. The number of rotatable bonds is 4. The molecule has 4 nitrogen and oxygen atoms in total. The van der Waals surface area contributed by atoms with Crippen LogP contribution in [0, 0.1) is 6.92 Å². The summed E-state index contributed by atoms with van der Waals surface area (Å²) in [6, 6.07) is 16.0. The van der Waals surface area contributed by atoms with Crippen LogP contribution in [0.4, 0.5) is 11.4 Å². The van der Waals surface area contributed by atoms with Gasteiger partial charge < -0.3 is 15.5 Å². The molecule has 1 heterocycles. The summed E-state index contributed by atoms with van der Waals surface area (Å²) in [5, 5.41) is 3.36. The van der Waals surface area contributed by atoms with Crippen molar-refractivity contribution in [3.63, 3.8) is 0 Å². The van der Waals surface area contributed by atoms with Gasteiger partial charge in [-0.15, -0.1) is 0 Å². The smallest absolute Gasteiger partial charge is 0.191 e. The summed E-state index contributed by atoms with van der Waals surface area (Å²) in [6.45, 7) is 2.54.